The van der Waals surface area contributed by atoms with Crippen molar-refractivity contribution in [1.82, 2.24) is 20.2 Å². The van der Waals surface area contributed by atoms with E-state index in [0.717, 1.165) is 11.1 Å². The largest absolute Gasteiger partial charge is 0.396 e. The average molecular weight is 218 g/mol. The van der Waals surface area contributed by atoms with Crippen LogP contribution in [0.15, 0.2) is 24.3 Å². The van der Waals surface area contributed by atoms with E-state index >= 15 is 0 Å². The molecule has 5 heteroatoms. The third-order valence-electron chi connectivity index (χ3n) is 2.36. The van der Waals surface area contributed by atoms with Gasteiger partial charge in [0.05, 0.1) is 6.54 Å². The van der Waals surface area contributed by atoms with Crippen LogP contribution in [-0.2, 0) is 6.54 Å². The SMILES string of the molecule is Cc1ccccc1-c1nnn(CCCO)n1. The normalized spacial score (nSPS) is 10.6. The minimum Gasteiger partial charge on any atom is -0.396 e. The van der Waals surface area contributed by atoms with Gasteiger partial charge in [0, 0.05) is 12.2 Å². The number of aliphatic hydroxyl groups excluding tert-OH is 1. The molecular weight excluding hydrogens is 204 g/mol. The molecule has 0 fully saturated rings. The van der Waals surface area contributed by atoms with Gasteiger partial charge < -0.3 is 5.11 Å². The molecule has 5 nitrogen and oxygen atoms in total. The molecule has 1 aromatic carbocycles. The number of aromatic nitrogens is 4. The van der Waals surface area contributed by atoms with Crippen LogP contribution < -0.4 is 0 Å². The van der Waals surface area contributed by atoms with Crippen LogP contribution in [0.2, 0.25) is 0 Å². The zero-order valence-corrected chi connectivity index (χ0v) is 9.17. The molecule has 84 valence electrons. The Morgan fingerprint density at radius 3 is 2.88 bits per heavy atom. The van der Waals surface area contributed by atoms with Crippen LogP contribution in [0, 0.1) is 6.92 Å². The molecule has 2 aromatic rings. The molecule has 1 aromatic heterocycles. The summed E-state index contributed by atoms with van der Waals surface area (Å²) in [6, 6.07) is 7.93. The molecule has 2 rings (SSSR count). The van der Waals surface area contributed by atoms with Crippen molar-refractivity contribution in [3.8, 4) is 11.4 Å². The lowest BCUT2D eigenvalue weighted by Crippen LogP contribution is -2.04. The number of tetrazole rings is 1. The predicted molar refractivity (Wildman–Crippen MR) is 59.7 cm³/mol. The van der Waals surface area contributed by atoms with E-state index in [1.807, 2.05) is 31.2 Å². The Kier molecular flexibility index (Phi) is 3.26. The van der Waals surface area contributed by atoms with Crippen LogP contribution in [-0.4, -0.2) is 31.9 Å². The second-order valence-corrected chi connectivity index (χ2v) is 3.60. The van der Waals surface area contributed by atoms with E-state index in [1.54, 1.807) is 0 Å². The summed E-state index contributed by atoms with van der Waals surface area (Å²) in [6.45, 7) is 2.75. The first-order chi connectivity index (χ1) is 7.81. The van der Waals surface area contributed by atoms with Crippen molar-refractivity contribution in [3.63, 3.8) is 0 Å². The van der Waals surface area contributed by atoms with Crippen LogP contribution in [0.1, 0.15) is 12.0 Å². The molecule has 0 amide bonds. The molecule has 1 heterocycles. The maximum atomic E-state index is 8.71. The lowest BCUT2D eigenvalue weighted by atomic mass is 10.1. The van der Waals surface area contributed by atoms with Crippen LogP contribution in [0.25, 0.3) is 11.4 Å². The smallest absolute Gasteiger partial charge is 0.205 e. The highest BCUT2D eigenvalue weighted by atomic mass is 16.3. The molecule has 0 aliphatic carbocycles. The maximum absolute atomic E-state index is 8.71. The minimum atomic E-state index is 0.140. The van der Waals surface area contributed by atoms with Gasteiger partial charge in [-0.15, -0.1) is 10.2 Å². The number of benzene rings is 1. The van der Waals surface area contributed by atoms with Gasteiger partial charge in [0.25, 0.3) is 0 Å². The van der Waals surface area contributed by atoms with E-state index < -0.39 is 0 Å². The maximum Gasteiger partial charge on any atom is 0.205 e. The van der Waals surface area contributed by atoms with Crippen molar-refractivity contribution in [2.24, 2.45) is 0 Å². The highest BCUT2D eigenvalue weighted by Gasteiger charge is 2.07. The summed E-state index contributed by atoms with van der Waals surface area (Å²) >= 11 is 0. The standard InChI is InChI=1S/C11H14N4O/c1-9-5-2-3-6-10(9)11-12-14-15(13-11)7-4-8-16/h2-3,5-6,16H,4,7-8H2,1H3. The van der Waals surface area contributed by atoms with Gasteiger partial charge in [-0.3, -0.25) is 0 Å². The Bertz CT molecular complexity index is 467. The zero-order chi connectivity index (χ0) is 11.4. The van der Waals surface area contributed by atoms with Crippen LogP contribution >= 0.6 is 0 Å². The van der Waals surface area contributed by atoms with Gasteiger partial charge in [-0.05, 0) is 24.1 Å². The lowest BCUT2D eigenvalue weighted by Gasteiger charge is -1.98. The molecule has 0 aliphatic heterocycles. The summed E-state index contributed by atoms with van der Waals surface area (Å²) in [5.41, 5.74) is 2.13. The second kappa shape index (κ2) is 4.85. The molecule has 0 aliphatic rings. The average Bonchev–Trinajstić information content (AvgIpc) is 2.75. The van der Waals surface area contributed by atoms with Gasteiger partial charge >= 0.3 is 0 Å². The van der Waals surface area contributed by atoms with Crippen molar-refractivity contribution in [1.29, 1.82) is 0 Å². The Hall–Kier alpha value is -1.75. The fraction of sp³-hybridized carbons (Fsp3) is 0.364. The number of hydrogen-bond donors (Lipinski definition) is 1. The molecule has 0 saturated heterocycles. The first-order valence-corrected chi connectivity index (χ1v) is 5.26. The Morgan fingerprint density at radius 1 is 1.31 bits per heavy atom. The first kappa shape index (κ1) is 10.8. The molecule has 0 unspecified atom stereocenters. The Balaban J connectivity index is 2.22. The summed E-state index contributed by atoms with van der Waals surface area (Å²) in [4.78, 5) is 1.51. The Labute approximate surface area is 93.7 Å². The lowest BCUT2D eigenvalue weighted by molar-refractivity contribution is 0.272. The molecule has 1 N–H and O–H groups in total. The summed E-state index contributed by atoms with van der Waals surface area (Å²) in [5.74, 6) is 0.635. The van der Waals surface area contributed by atoms with Gasteiger partial charge in [0.2, 0.25) is 5.82 Å². The monoisotopic (exact) mass is 218 g/mol. The van der Waals surface area contributed by atoms with Crippen molar-refractivity contribution in [2.75, 3.05) is 6.61 Å². The third kappa shape index (κ3) is 2.25. The van der Waals surface area contributed by atoms with Gasteiger partial charge in [-0.1, -0.05) is 24.3 Å². The fourth-order valence-corrected chi connectivity index (χ4v) is 1.48. The number of aryl methyl sites for hydroxylation is 2. The summed E-state index contributed by atoms with van der Waals surface area (Å²) in [6.07, 6.45) is 0.642. The summed E-state index contributed by atoms with van der Waals surface area (Å²) in [5, 5.41) is 20.9. The highest BCUT2D eigenvalue weighted by molar-refractivity contribution is 5.58. The first-order valence-electron chi connectivity index (χ1n) is 5.26. The number of nitrogens with zero attached hydrogens (tertiary/aromatic N) is 4. The van der Waals surface area contributed by atoms with Crippen LogP contribution in [0.3, 0.4) is 0 Å². The van der Waals surface area contributed by atoms with E-state index in [0.29, 0.717) is 18.8 Å². The topological polar surface area (TPSA) is 63.8 Å². The van der Waals surface area contributed by atoms with Gasteiger partial charge in [0.15, 0.2) is 0 Å². The van der Waals surface area contributed by atoms with E-state index in [4.69, 9.17) is 5.11 Å². The van der Waals surface area contributed by atoms with E-state index in [-0.39, 0.29) is 6.61 Å². The van der Waals surface area contributed by atoms with Gasteiger partial charge in [-0.2, -0.15) is 4.80 Å². The molecule has 0 radical (unpaired) electrons. The quantitative estimate of drug-likeness (QED) is 0.832. The van der Waals surface area contributed by atoms with Crippen LogP contribution in [0.4, 0.5) is 0 Å². The molecule has 0 atom stereocenters. The molecule has 0 bridgehead atoms. The number of hydrogen-bond acceptors (Lipinski definition) is 4. The van der Waals surface area contributed by atoms with Gasteiger partial charge in [-0.25, -0.2) is 0 Å². The Morgan fingerprint density at radius 2 is 2.12 bits per heavy atom. The van der Waals surface area contributed by atoms with E-state index in [9.17, 15) is 0 Å². The fourth-order valence-electron chi connectivity index (χ4n) is 1.48. The van der Waals surface area contributed by atoms with Gasteiger partial charge in [0.1, 0.15) is 0 Å². The highest BCUT2D eigenvalue weighted by Crippen LogP contribution is 2.17. The summed E-state index contributed by atoms with van der Waals surface area (Å²) in [7, 11) is 0. The van der Waals surface area contributed by atoms with E-state index in [1.165, 1.54) is 4.80 Å². The van der Waals surface area contributed by atoms with Crippen molar-refractivity contribution in [3.05, 3.63) is 29.8 Å². The molecule has 0 spiro atoms. The van der Waals surface area contributed by atoms with Crippen molar-refractivity contribution >= 4 is 0 Å². The number of aliphatic hydroxyl groups is 1. The molecular formula is C11H14N4O. The second-order valence-electron chi connectivity index (χ2n) is 3.60. The van der Waals surface area contributed by atoms with Crippen molar-refractivity contribution < 1.29 is 5.11 Å². The van der Waals surface area contributed by atoms with Crippen molar-refractivity contribution in [2.45, 2.75) is 19.9 Å². The third-order valence-corrected chi connectivity index (χ3v) is 2.36. The minimum absolute atomic E-state index is 0.140. The van der Waals surface area contributed by atoms with Crippen LogP contribution in [0.5, 0.6) is 0 Å². The van der Waals surface area contributed by atoms with E-state index in [2.05, 4.69) is 15.4 Å². The predicted octanol–water partition coefficient (Wildman–Crippen LogP) is 1.03. The number of rotatable bonds is 4. The molecule has 0 saturated carbocycles. The summed E-state index contributed by atoms with van der Waals surface area (Å²) < 4.78 is 0. The molecule has 16 heavy (non-hydrogen) atoms. The zero-order valence-electron chi connectivity index (χ0n) is 9.17.